The Bertz CT molecular complexity index is 1670. The Kier molecular flexibility index (Phi) is 5.19. The number of fused-ring (bicyclic) bond motifs is 2. The normalized spacial score (nSPS) is 17.1. The molecule has 2 aromatic heterocycles. The van der Waals surface area contributed by atoms with Gasteiger partial charge < -0.3 is 24.5 Å². The maximum atomic E-state index is 13.1. The van der Waals surface area contributed by atoms with Gasteiger partial charge in [-0.05, 0) is 54.1 Å². The zero-order valence-electron chi connectivity index (χ0n) is 19.8. The van der Waals surface area contributed by atoms with Crippen LogP contribution in [-0.2, 0) is 16.9 Å². The molecule has 1 aliphatic heterocycles. The quantitative estimate of drug-likeness (QED) is 0.301. The van der Waals surface area contributed by atoms with E-state index in [0.29, 0.717) is 28.2 Å². The molecule has 3 heterocycles. The molecule has 1 fully saturated rings. The average molecular weight is 495 g/mol. The maximum Gasteiger partial charge on any atom is 0.322 e. The predicted octanol–water partition coefficient (Wildman–Crippen LogP) is 4.43. The van der Waals surface area contributed by atoms with Gasteiger partial charge in [0.1, 0.15) is 17.2 Å². The first-order valence-electron chi connectivity index (χ1n) is 11.6. The van der Waals surface area contributed by atoms with E-state index in [-0.39, 0.29) is 12.4 Å². The lowest BCUT2D eigenvalue weighted by atomic mass is 9.89. The van der Waals surface area contributed by atoms with Gasteiger partial charge in [-0.1, -0.05) is 24.3 Å². The number of carbonyl (C=O) groups excluding carboxylic acids is 2. The lowest BCUT2D eigenvalue weighted by Crippen LogP contribution is -2.47. The van der Waals surface area contributed by atoms with Crippen LogP contribution in [0.1, 0.15) is 5.56 Å². The van der Waals surface area contributed by atoms with E-state index in [1.807, 2.05) is 24.3 Å². The molecule has 1 unspecified atom stereocenters. The number of rotatable bonds is 6. The van der Waals surface area contributed by atoms with Gasteiger partial charge in [-0.15, -0.1) is 0 Å². The molecule has 1 saturated heterocycles. The standard InChI is InChI=1S/C28H22N4O5/c1-36-20-10-11-21-17(14-20)15-32(25(21)33)16-28(26(34)30-27(35)31-28)18-6-8-19(9-7-18)37-24-12-13-29-23-5-3-2-4-22(23)24/h2-15,33H,16H2,1H3,(H2,30,31,34,35). The Labute approximate surface area is 211 Å². The Balaban J connectivity index is 1.35. The molecule has 1 atom stereocenters. The van der Waals surface area contributed by atoms with Crippen molar-refractivity contribution in [1.29, 1.82) is 0 Å². The highest BCUT2D eigenvalue weighted by atomic mass is 16.5. The van der Waals surface area contributed by atoms with Crippen LogP contribution in [0.3, 0.4) is 0 Å². The van der Waals surface area contributed by atoms with E-state index in [9.17, 15) is 14.7 Å². The number of nitrogens with zero attached hydrogens (tertiary/aromatic N) is 2. The molecule has 0 aliphatic carbocycles. The minimum atomic E-state index is -1.43. The number of hydrogen-bond acceptors (Lipinski definition) is 6. The Morgan fingerprint density at radius 3 is 2.51 bits per heavy atom. The highest BCUT2D eigenvalue weighted by Gasteiger charge is 2.48. The number of benzene rings is 3. The number of aromatic nitrogens is 2. The van der Waals surface area contributed by atoms with E-state index in [0.717, 1.165) is 16.3 Å². The third kappa shape index (κ3) is 3.77. The van der Waals surface area contributed by atoms with Gasteiger partial charge in [0.25, 0.3) is 5.91 Å². The van der Waals surface area contributed by atoms with Gasteiger partial charge in [0.15, 0.2) is 11.4 Å². The topological polar surface area (TPSA) is 115 Å². The monoisotopic (exact) mass is 494 g/mol. The number of ether oxygens (including phenoxy) is 2. The first-order chi connectivity index (χ1) is 18.0. The SMILES string of the molecule is COc1ccc2c(O)n(CC3(c4ccc(Oc5ccnc6ccccc56)cc4)NC(=O)NC3=O)cc2c1. The molecule has 1 aliphatic rings. The number of imide groups is 1. The van der Waals surface area contributed by atoms with Gasteiger partial charge >= 0.3 is 6.03 Å². The van der Waals surface area contributed by atoms with Crippen LogP contribution in [0.25, 0.3) is 21.7 Å². The van der Waals surface area contributed by atoms with Crippen molar-refractivity contribution in [1.82, 2.24) is 20.2 Å². The van der Waals surface area contributed by atoms with E-state index >= 15 is 0 Å². The molecule has 9 heteroatoms. The van der Waals surface area contributed by atoms with Gasteiger partial charge in [0, 0.05) is 28.6 Å². The van der Waals surface area contributed by atoms with Crippen LogP contribution in [0.2, 0.25) is 0 Å². The maximum absolute atomic E-state index is 13.1. The van der Waals surface area contributed by atoms with E-state index in [1.165, 1.54) is 0 Å². The van der Waals surface area contributed by atoms with Crippen LogP contribution >= 0.6 is 0 Å². The molecule has 3 N–H and O–H groups in total. The van der Waals surface area contributed by atoms with Crippen LogP contribution < -0.4 is 20.1 Å². The van der Waals surface area contributed by atoms with Crippen molar-refractivity contribution in [3.8, 4) is 23.1 Å². The molecule has 0 spiro atoms. The van der Waals surface area contributed by atoms with Crippen LogP contribution in [0.5, 0.6) is 23.1 Å². The second-order valence-electron chi connectivity index (χ2n) is 8.80. The van der Waals surface area contributed by atoms with Gasteiger partial charge in [0.2, 0.25) is 0 Å². The summed E-state index contributed by atoms with van der Waals surface area (Å²) in [5, 5.41) is 18.2. The Morgan fingerprint density at radius 2 is 1.76 bits per heavy atom. The van der Waals surface area contributed by atoms with Gasteiger partial charge in [-0.3, -0.25) is 15.1 Å². The van der Waals surface area contributed by atoms with Crippen LogP contribution in [0.15, 0.2) is 85.2 Å². The molecule has 3 aromatic carbocycles. The van der Waals surface area contributed by atoms with Gasteiger partial charge in [-0.2, -0.15) is 0 Å². The highest BCUT2D eigenvalue weighted by molar-refractivity contribution is 6.07. The zero-order valence-corrected chi connectivity index (χ0v) is 19.8. The van der Waals surface area contributed by atoms with E-state index in [1.54, 1.807) is 72.6 Å². The number of pyridine rings is 1. The number of methoxy groups -OCH3 is 1. The summed E-state index contributed by atoms with van der Waals surface area (Å²) in [5.74, 6) is 1.32. The van der Waals surface area contributed by atoms with Crippen LogP contribution in [0, 0.1) is 0 Å². The predicted molar refractivity (Wildman–Crippen MR) is 137 cm³/mol. The van der Waals surface area contributed by atoms with E-state index in [2.05, 4.69) is 15.6 Å². The van der Waals surface area contributed by atoms with Crippen molar-refractivity contribution in [2.24, 2.45) is 0 Å². The van der Waals surface area contributed by atoms with Crippen LogP contribution in [-0.4, -0.2) is 33.7 Å². The largest absolute Gasteiger partial charge is 0.497 e. The summed E-state index contributed by atoms with van der Waals surface area (Å²) in [5.41, 5.74) is -0.0785. The van der Waals surface area contributed by atoms with Crippen molar-refractivity contribution >= 4 is 33.6 Å². The minimum Gasteiger partial charge on any atom is -0.497 e. The smallest absolute Gasteiger partial charge is 0.322 e. The van der Waals surface area contributed by atoms with Gasteiger partial charge in [0.05, 0.1) is 19.2 Å². The van der Waals surface area contributed by atoms with Gasteiger partial charge in [-0.25, -0.2) is 4.79 Å². The number of amides is 3. The van der Waals surface area contributed by atoms with E-state index in [4.69, 9.17) is 9.47 Å². The number of aromatic hydroxyl groups is 1. The number of hydrogen-bond donors (Lipinski definition) is 3. The molecule has 184 valence electrons. The molecule has 37 heavy (non-hydrogen) atoms. The molecule has 3 amide bonds. The van der Waals surface area contributed by atoms with Crippen molar-refractivity contribution in [3.63, 3.8) is 0 Å². The molecule has 0 saturated carbocycles. The molecule has 0 bridgehead atoms. The second-order valence-corrected chi connectivity index (χ2v) is 8.80. The number of urea groups is 1. The summed E-state index contributed by atoms with van der Waals surface area (Å²) in [6, 6.07) is 21.1. The summed E-state index contributed by atoms with van der Waals surface area (Å²) in [6.45, 7) is -0.0252. The lowest BCUT2D eigenvalue weighted by Gasteiger charge is -2.27. The molecule has 5 aromatic rings. The Hall–Kier alpha value is -5.05. The lowest BCUT2D eigenvalue weighted by molar-refractivity contribution is -0.124. The third-order valence-electron chi connectivity index (χ3n) is 6.60. The third-order valence-corrected chi connectivity index (χ3v) is 6.60. The summed E-state index contributed by atoms with van der Waals surface area (Å²) < 4.78 is 12.9. The second kappa shape index (κ2) is 8.56. The highest BCUT2D eigenvalue weighted by Crippen LogP contribution is 2.36. The van der Waals surface area contributed by atoms with Crippen LogP contribution in [0.4, 0.5) is 4.79 Å². The first kappa shape index (κ1) is 22.4. The fraction of sp³-hybridized carbons (Fsp3) is 0.107. The Morgan fingerprint density at radius 1 is 0.973 bits per heavy atom. The fourth-order valence-corrected chi connectivity index (χ4v) is 4.73. The number of para-hydroxylation sites is 1. The van der Waals surface area contributed by atoms with Crippen molar-refractivity contribution in [2.45, 2.75) is 12.1 Å². The van der Waals surface area contributed by atoms with Crippen molar-refractivity contribution in [3.05, 3.63) is 90.8 Å². The minimum absolute atomic E-state index is 0.0181. The molecular formula is C28H22N4O5. The summed E-state index contributed by atoms with van der Waals surface area (Å²) in [7, 11) is 1.57. The molecule has 0 radical (unpaired) electrons. The number of nitrogens with one attached hydrogen (secondary N) is 2. The zero-order chi connectivity index (χ0) is 25.6. The van der Waals surface area contributed by atoms with E-state index < -0.39 is 17.5 Å². The van der Waals surface area contributed by atoms with Crippen molar-refractivity contribution in [2.75, 3.05) is 7.11 Å². The summed E-state index contributed by atoms with van der Waals surface area (Å²) in [4.78, 5) is 29.7. The first-order valence-corrected chi connectivity index (χ1v) is 11.6. The fourth-order valence-electron chi connectivity index (χ4n) is 4.73. The average Bonchev–Trinajstić information content (AvgIpc) is 3.38. The molecule has 6 rings (SSSR count). The number of carbonyl (C=O) groups is 2. The molecular weight excluding hydrogens is 472 g/mol. The summed E-state index contributed by atoms with van der Waals surface area (Å²) in [6.07, 6.45) is 3.40. The summed E-state index contributed by atoms with van der Waals surface area (Å²) >= 11 is 0. The molecule has 9 nitrogen and oxygen atoms in total. The van der Waals surface area contributed by atoms with Crippen molar-refractivity contribution < 1.29 is 24.2 Å².